The van der Waals surface area contributed by atoms with Crippen LogP contribution in [0.15, 0.2) is 18.2 Å². The molecule has 1 heterocycles. The minimum Gasteiger partial charge on any atom is -0.356 e. The summed E-state index contributed by atoms with van der Waals surface area (Å²) in [5.41, 5.74) is 9.43. The minimum atomic E-state index is 0.529. The van der Waals surface area contributed by atoms with Crippen LogP contribution in [0.4, 0.5) is 0 Å². The van der Waals surface area contributed by atoms with Crippen molar-refractivity contribution in [2.24, 2.45) is 5.73 Å². The smallest absolute Gasteiger partial charge is 0.191 e. The average molecular weight is 246 g/mol. The molecule has 0 spiro atoms. The highest BCUT2D eigenvalue weighted by Crippen LogP contribution is 2.23. The van der Waals surface area contributed by atoms with Crippen LogP contribution in [0.1, 0.15) is 29.5 Å². The summed E-state index contributed by atoms with van der Waals surface area (Å²) in [6.07, 6.45) is 2.04. The highest BCUT2D eigenvalue weighted by atomic mass is 15.3. The molecule has 98 valence electrons. The second-order valence-electron chi connectivity index (χ2n) is 4.90. The Balaban J connectivity index is 1.84. The van der Waals surface area contributed by atoms with Crippen LogP contribution in [0.2, 0.25) is 0 Å². The van der Waals surface area contributed by atoms with Gasteiger partial charge in [-0.1, -0.05) is 23.8 Å². The van der Waals surface area contributed by atoms with Crippen molar-refractivity contribution in [2.75, 3.05) is 13.1 Å². The topological polar surface area (TPSA) is 65.1 Å². The van der Waals surface area contributed by atoms with Crippen LogP contribution in [0.5, 0.6) is 0 Å². The molecule has 0 amide bonds. The lowest BCUT2D eigenvalue weighted by Gasteiger charge is -2.19. The van der Waals surface area contributed by atoms with E-state index in [1.807, 2.05) is 0 Å². The van der Waals surface area contributed by atoms with E-state index in [-0.39, 0.29) is 0 Å². The van der Waals surface area contributed by atoms with E-state index in [9.17, 15) is 0 Å². The molecular formula is C14H22N4. The number of unbranched alkanes of at least 4 members (excludes halogenated alkanes) is 1. The van der Waals surface area contributed by atoms with Gasteiger partial charge in [0, 0.05) is 19.6 Å². The zero-order valence-electron chi connectivity index (χ0n) is 11.0. The van der Waals surface area contributed by atoms with Crippen LogP contribution in [0.3, 0.4) is 0 Å². The molecule has 0 radical (unpaired) electrons. The van der Waals surface area contributed by atoms with Crippen LogP contribution in [-0.2, 0) is 13.1 Å². The lowest BCUT2D eigenvalue weighted by atomic mass is 10.1. The van der Waals surface area contributed by atoms with Gasteiger partial charge in [-0.15, -0.1) is 0 Å². The van der Waals surface area contributed by atoms with Gasteiger partial charge in [-0.05, 0) is 37.4 Å². The number of rotatable bonds is 4. The summed E-state index contributed by atoms with van der Waals surface area (Å²) in [6.45, 7) is 5.36. The fraction of sp³-hybridized carbons (Fsp3) is 0.500. The number of nitrogens with two attached hydrogens (primary N) is 1. The van der Waals surface area contributed by atoms with Gasteiger partial charge in [0.25, 0.3) is 0 Å². The number of hydrogen-bond acceptors (Lipinski definition) is 2. The zero-order chi connectivity index (χ0) is 13.0. The first-order valence-corrected chi connectivity index (χ1v) is 6.56. The quantitative estimate of drug-likeness (QED) is 0.429. The molecule has 1 aliphatic heterocycles. The number of aryl methyl sites for hydroxylation is 1. The van der Waals surface area contributed by atoms with Crippen LogP contribution >= 0.6 is 0 Å². The largest absolute Gasteiger partial charge is 0.356 e. The lowest BCUT2D eigenvalue weighted by molar-refractivity contribution is 0.424. The van der Waals surface area contributed by atoms with Gasteiger partial charge in [0.15, 0.2) is 5.96 Å². The molecule has 18 heavy (non-hydrogen) atoms. The van der Waals surface area contributed by atoms with E-state index in [4.69, 9.17) is 11.1 Å². The Hall–Kier alpha value is -1.55. The normalized spacial score (nSPS) is 13.6. The van der Waals surface area contributed by atoms with E-state index in [1.165, 1.54) is 16.7 Å². The van der Waals surface area contributed by atoms with Gasteiger partial charge in [0.05, 0.1) is 0 Å². The Bertz CT molecular complexity index is 428. The first kappa shape index (κ1) is 12.9. The molecule has 1 aliphatic rings. The molecule has 1 aromatic rings. The van der Waals surface area contributed by atoms with E-state index in [0.717, 1.165) is 39.0 Å². The van der Waals surface area contributed by atoms with E-state index in [2.05, 4.69) is 35.3 Å². The van der Waals surface area contributed by atoms with Crippen molar-refractivity contribution in [3.8, 4) is 0 Å². The summed E-state index contributed by atoms with van der Waals surface area (Å²) < 4.78 is 0. The van der Waals surface area contributed by atoms with Gasteiger partial charge in [-0.25, -0.2) is 0 Å². The fourth-order valence-corrected chi connectivity index (χ4v) is 2.27. The summed E-state index contributed by atoms with van der Waals surface area (Å²) in [5.74, 6) is 0.529. The maximum Gasteiger partial charge on any atom is 0.191 e. The van der Waals surface area contributed by atoms with Crippen LogP contribution in [0.25, 0.3) is 0 Å². The fourth-order valence-electron chi connectivity index (χ4n) is 2.27. The van der Waals surface area contributed by atoms with Gasteiger partial charge < -0.3 is 16.0 Å². The first-order chi connectivity index (χ1) is 8.70. The third-order valence-corrected chi connectivity index (χ3v) is 3.32. The van der Waals surface area contributed by atoms with Crippen molar-refractivity contribution in [1.29, 1.82) is 5.41 Å². The molecule has 0 aromatic heterocycles. The second-order valence-corrected chi connectivity index (χ2v) is 4.90. The monoisotopic (exact) mass is 246 g/mol. The highest BCUT2D eigenvalue weighted by molar-refractivity contribution is 5.77. The van der Waals surface area contributed by atoms with Crippen molar-refractivity contribution >= 4 is 5.96 Å². The third kappa shape index (κ3) is 3.01. The van der Waals surface area contributed by atoms with Crippen LogP contribution in [0, 0.1) is 12.3 Å². The molecule has 4 heteroatoms. The van der Waals surface area contributed by atoms with E-state index in [1.54, 1.807) is 0 Å². The van der Waals surface area contributed by atoms with Gasteiger partial charge in [-0.2, -0.15) is 0 Å². The molecule has 0 bridgehead atoms. The van der Waals surface area contributed by atoms with Crippen LogP contribution in [-0.4, -0.2) is 23.9 Å². The Morgan fingerprint density at radius 3 is 2.89 bits per heavy atom. The summed E-state index contributed by atoms with van der Waals surface area (Å²) in [6, 6.07) is 6.53. The summed E-state index contributed by atoms with van der Waals surface area (Å²) in [7, 11) is 0. The molecule has 0 unspecified atom stereocenters. The van der Waals surface area contributed by atoms with E-state index in [0.29, 0.717) is 5.96 Å². The average Bonchev–Trinajstić information content (AvgIpc) is 2.77. The number of guanidine groups is 1. The number of nitrogens with zero attached hydrogens (tertiary/aromatic N) is 1. The Kier molecular flexibility index (Phi) is 4.20. The van der Waals surface area contributed by atoms with Crippen molar-refractivity contribution in [3.63, 3.8) is 0 Å². The molecule has 0 saturated heterocycles. The maximum atomic E-state index is 8.03. The molecule has 4 N–H and O–H groups in total. The van der Waals surface area contributed by atoms with Crippen molar-refractivity contribution in [1.82, 2.24) is 10.2 Å². The predicted octanol–water partition coefficient (Wildman–Crippen LogP) is 1.57. The highest BCUT2D eigenvalue weighted by Gasteiger charge is 2.20. The summed E-state index contributed by atoms with van der Waals surface area (Å²) in [5, 5.41) is 11.2. The van der Waals surface area contributed by atoms with Gasteiger partial charge in [-0.3, -0.25) is 5.41 Å². The van der Waals surface area contributed by atoms with Crippen LogP contribution < -0.4 is 11.1 Å². The molecule has 4 nitrogen and oxygen atoms in total. The van der Waals surface area contributed by atoms with E-state index < -0.39 is 0 Å². The Morgan fingerprint density at radius 1 is 1.33 bits per heavy atom. The molecule has 2 rings (SSSR count). The van der Waals surface area contributed by atoms with E-state index >= 15 is 0 Å². The van der Waals surface area contributed by atoms with Gasteiger partial charge >= 0.3 is 0 Å². The molecule has 0 atom stereocenters. The molecule has 0 aliphatic carbocycles. The third-order valence-electron chi connectivity index (χ3n) is 3.32. The number of fused-ring (bicyclic) bond motifs is 1. The standard InChI is InChI=1S/C14H22N4/c1-11-4-5-12-9-18(10-13(12)8-11)14(16)17-7-3-2-6-15/h4-5,8H,2-3,6-7,9-10,15H2,1H3,(H2,16,17). The lowest BCUT2D eigenvalue weighted by Crippen LogP contribution is -2.37. The maximum absolute atomic E-state index is 8.03. The predicted molar refractivity (Wildman–Crippen MR) is 74.4 cm³/mol. The molecule has 0 fully saturated rings. The number of hydrogen-bond donors (Lipinski definition) is 3. The Morgan fingerprint density at radius 2 is 2.11 bits per heavy atom. The van der Waals surface area contributed by atoms with Crippen molar-refractivity contribution in [2.45, 2.75) is 32.9 Å². The zero-order valence-corrected chi connectivity index (χ0v) is 11.0. The summed E-state index contributed by atoms with van der Waals surface area (Å²) >= 11 is 0. The van der Waals surface area contributed by atoms with Gasteiger partial charge in [0.1, 0.15) is 0 Å². The minimum absolute atomic E-state index is 0.529. The molecule has 0 saturated carbocycles. The van der Waals surface area contributed by atoms with Gasteiger partial charge in [0.2, 0.25) is 0 Å². The summed E-state index contributed by atoms with van der Waals surface area (Å²) in [4.78, 5) is 2.08. The van der Waals surface area contributed by atoms with Crippen molar-refractivity contribution < 1.29 is 0 Å². The SMILES string of the molecule is Cc1ccc2c(c1)CN(C(=N)NCCCCN)C2. The van der Waals surface area contributed by atoms with Crippen molar-refractivity contribution in [3.05, 3.63) is 34.9 Å². The second kappa shape index (κ2) is 5.87. The number of benzene rings is 1. The molecular weight excluding hydrogens is 224 g/mol. The molecule has 1 aromatic carbocycles. The first-order valence-electron chi connectivity index (χ1n) is 6.56. The Labute approximate surface area is 109 Å². The number of nitrogens with one attached hydrogen (secondary N) is 2.